The summed E-state index contributed by atoms with van der Waals surface area (Å²) in [7, 11) is 0. The minimum absolute atomic E-state index is 0.273. The number of hydrogen-bond donors (Lipinski definition) is 1. The second-order valence-corrected chi connectivity index (χ2v) is 10.2. The van der Waals surface area contributed by atoms with E-state index in [0.717, 1.165) is 27.2 Å². The zero-order chi connectivity index (χ0) is 22.7. The molecule has 3 aromatic carbocycles. The highest BCUT2D eigenvalue weighted by atomic mass is 35.5. The van der Waals surface area contributed by atoms with E-state index in [1.807, 2.05) is 24.3 Å². The van der Waals surface area contributed by atoms with Gasteiger partial charge in [-0.1, -0.05) is 65.0 Å². The van der Waals surface area contributed by atoms with Gasteiger partial charge in [0.2, 0.25) is 0 Å². The Bertz CT molecular complexity index is 1210. The van der Waals surface area contributed by atoms with Crippen LogP contribution in [0.25, 0.3) is 6.08 Å². The second-order valence-electron chi connectivity index (χ2n) is 6.95. The van der Waals surface area contributed by atoms with Crippen molar-refractivity contribution in [2.45, 2.75) is 16.7 Å². The van der Waals surface area contributed by atoms with Crippen molar-refractivity contribution in [2.24, 2.45) is 0 Å². The van der Waals surface area contributed by atoms with Gasteiger partial charge in [0.1, 0.15) is 0 Å². The minimum atomic E-state index is -0.434. The molecule has 3 aromatic rings. The van der Waals surface area contributed by atoms with Gasteiger partial charge in [0.25, 0.3) is 11.8 Å². The molecule has 4 nitrogen and oxygen atoms in total. The number of rotatable bonds is 5. The van der Waals surface area contributed by atoms with Gasteiger partial charge in [0.15, 0.2) is 4.32 Å². The fourth-order valence-corrected chi connectivity index (χ4v) is 4.98. The molecule has 1 aliphatic rings. The third-order valence-electron chi connectivity index (χ3n) is 4.55. The van der Waals surface area contributed by atoms with E-state index in [1.54, 1.807) is 42.1 Å². The van der Waals surface area contributed by atoms with Gasteiger partial charge in [-0.3, -0.25) is 15.0 Å². The monoisotopic (exact) mass is 496 g/mol. The zero-order valence-corrected chi connectivity index (χ0v) is 20.1. The fourth-order valence-electron chi connectivity index (χ4n) is 2.86. The van der Waals surface area contributed by atoms with Crippen LogP contribution in [0.1, 0.15) is 21.5 Å². The van der Waals surface area contributed by atoms with Gasteiger partial charge < -0.3 is 0 Å². The van der Waals surface area contributed by atoms with Crippen LogP contribution in [-0.4, -0.2) is 21.1 Å². The summed E-state index contributed by atoms with van der Waals surface area (Å²) in [6.45, 7) is 2.06. The van der Waals surface area contributed by atoms with Crippen molar-refractivity contribution in [2.75, 3.05) is 0 Å². The lowest BCUT2D eigenvalue weighted by Gasteiger charge is -2.15. The van der Waals surface area contributed by atoms with Crippen LogP contribution in [0.5, 0.6) is 0 Å². The highest BCUT2D eigenvalue weighted by molar-refractivity contribution is 8.26. The summed E-state index contributed by atoms with van der Waals surface area (Å²) in [5, 5.41) is 1.63. The Morgan fingerprint density at radius 1 is 1.00 bits per heavy atom. The van der Waals surface area contributed by atoms with Crippen molar-refractivity contribution in [1.82, 2.24) is 10.4 Å². The maximum Gasteiger partial charge on any atom is 0.285 e. The first-order valence-electron chi connectivity index (χ1n) is 9.58. The molecule has 8 heteroatoms. The van der Waals surface area contributed by atoms with Gasteiger partial charge in [0, 0.05) is 20.4 Å². The smallest absolute Gasteiger partial charge is 0.267 e. The summed E-state index contributed by atoms with van der Waals surface area (Å²) >= 11 is 14.0. The Labute approximate surface area is 205 Å². The molecule has 0 atom stereocenters. The molecule has 0 aromatic heterocycles. The average molecular weight is 497 g/mol. The van der Waals surface area contributed by atoms with Gasteiger partial charge >= 0.3 is 0 Å². The third-order valence-corrected chi connectivity index (χ3v) is 7.12. The molecular weight excluding hydrogens is 480 g/mol. The number of nitrogens with one attached hydrogen (secondary N) is 1. The maximum atomic E-state index is 12.8. The van der Waals surface area contributed by atoms with E-state index in [1.165, 1.54) is 10.5 Å². The number of halogens is 1. The SMILES string of the molecule is Cc1ccc(Sc2ccc(/C=C3\SC(=S)N(NC(=O)c4ccc(Cl)cc4)C3=O)cc2)cc1. The van der Waals surface area contributed by atoms with Gasteiger partial charge in [-0.25, -0.2) is 0 Å². The van der Waals surface area contributed by atoms with Crippen molar-refractivity contribution in [3.8, 4) is 0 Å². The van der Waals surface area contributed by atoms with Crippen molar-refractivity contribution in [1.29, 1.82) is 0 Å². The summed E-state index contributed by atoms with van der Waals surface area (Å²) in [6, 6.07) is 22.7. The Morgan fingerprint density at radius 3 is 2.22 bits per heavy atom. The number of carbonyl (C=O) groups excluding carboxylic acids is 2. The van der Waals surface area contributed by atoms with Crippen LogP contribution in [0.15, 0.2) is 87.5 Å². The van der Waals surface area contributed by atoms with E-state index in [0.29, 0.717) is 15.5 Å². The fraction of sp³-hybridized carbons (Fsp3) is 0.0417. The topological polar surface area (TPSA) is 49.4 Å². The molecular formula is C24H17ClN2O2S3. The molecule has 1 heterocycles. The molecule has 0 aliphatic carbocycles. The molecule has 0 radical (unpaired) electrons. The predicted molar refractivity (Wildman–Crippen MR) is 136 cm³/mol. The number of aryl methyl sites for hydroxylation is 1. The van der Waals surface area contributed by atoms with E-state index in [9.17, 15) is 9.59 Å². The quantitative estimate of drug-likeness (QED) is 0.329. The maximum absolute atomic E-state index is 12.8. The van der Waals surface area contributed by atoms with Crippen LogP contribution < -0.4 is 5.43 Å². The van der Waals surface area contributed by atoms with Gasteiger partial charge in [-0.2, -0.15) is 5.01 Å². The third kappa shape index (κ3) is 5.42. The van der Waals surface area contributed by atoms with Crippen LogP contribution in [0.2, 0.25) is 5.02 Å². The number of thioether (sulfide) groups is 1. The van der Waals surface area contributed by atoms with E-state index in [2.05, 4.69) is 36.6 Å². The number of thiocarbonyl (C=S) groups is 1. The number of hydrogen-bond acceptors (Lipinski definition) is 5. The Kier molecular flexibility index (Phi) is 7.01. The highest BCUT2D eigenvalue weighted by Gasteiger charge is 2.33. The number of hydrazine groups is 1. The lowest BCUT2D eigenvalue weighted by Crippen LogP contribution is -2.44. The summed E-state index contributed by atoms with van der Waals surface area (Å²) in [6.07, 6.45) is 1.77. The van der Waals surface area contributed by atoms with E-state index < -0.39 is 5.91 Å². The summed E-state index contributed by atoms with van der Waals surface area (Å²) < 4.78 is 0.273. The van der Waals surface area contributed by atoms with Gasteiger partial charge in [-0.05, 0) is 79.3 Å². The predicted octanol–water partition coefficient (Wildman–Crippen LogP) is 6.35. The standard InChI is InChI=1S/C24H17ClN2O2S3/c1-15-2-10-19(11-3-15)31-20-12-4-16(5-13-20)14-21-23(29)27(24(30)32-21)26-22(28)17-6-8-18(25)9-7-17/h2-14H,1H3,(H,26,28)/b21-14-. The van der Waals surface area contributed by atoms with Gasteiger partial charge in [-0.15, -0.1) is 0 Å². The number of nitrogens with zero attached hydrogens (tertiary/aromatic N) is 1. The van der Waals surface area contributed by atoms with Crippen molar-refractivity contribution < 1.29 is 9.59 Å². The molecule has 32 heavy (non-hydrogen) atoms. The van der Waals surface area contributed by atoms with Crippen LogP contribution in [0.4, 0.5) is 0 Å². The lowest BCUT2D eigenvalue weighted by molar-refractivity contribution is -0.123. The molecule has 1 fully saturated rings. The van der Waals surface area contributed by atoms with Crippen molar-refractivity contribution >= 4 is 69.6 Å². The first kappa shape index (κ1) is 22.6. The number of benzene rings is 3. The van der Waals surface area contributed by atoms with Crippen molar-refractivity contribution in [3.63, 3.8) is 0 Å². The van der Waals surface area contributed by atoms with Gasteiger partial charge in [0.05, 0.1) is 4.91 Å². The summed E-state index contributed by atoms with van der Waals surface area (Å²) in [4.78, 5) is 27.9. The van der Waals surface area contributed by atoms with Crippen LogP contribution in [0.3, 0.4) is 0 Å². The van der Waals surface area contributed by atoms with E-state index in [4.69, 9.17) is 23.8 Å². The molecule has 0 bridgehead atoms. The molecule has 1 saturated heterocycles. The van der Waals surface area contributed by atoms with E-state index >= 15 is 0 Å². The lowest BCUT2D eigenvalue weighted by atomic mass is 10.2. The number of amides is 2. The second kappa shape index (κ2) is 9.92. The molecule has 0 saturated carbocycles. The Balaban J connectivity index is 1.43. The number of carbonyl (C=O) groups is 2. The Morgan fingerprint density at radius 2 is 1.59 bits per heavy atom. The summed E-state index contributed by atoms with van der Waals surface area (Å²) in [5.41, 5.74) is 5.05. The van der Waals surface area contributed by atoms with E-state index in [-0.39, 0.29) is 10.2 Å². The molecule has 1 aliphatic heterocycles. The first-order chi connectivity index (χ1) is 15.4. The molecule has 160 valence electrons. The molecule has 0 spiro atoms. The zero-order valence-electron chi connectivity index (χ0n) is 16.9. The summed E-state index contributed by atoms with van der Waals surface area (Å²) in [5.74, 6) is -0.794. The largest absolute Gasteiger partial charge is 0.285 e. The first-order valence-corrected chi connectivity index (χ1v) is 12.0. The highest BCUT2D eigenvalue weighted by Crippen LogP contribution is 2.33. The van der Waals surface area contributed by atoms with Crippen LogP contribution in [0, 0.1) is 6.92 Å². The van der Waals surface area contributed by atoms with Crippen LogP contribution in [-0.2, 0) is 4.79 Å². The molecule has 0 unspecified atom stereocenters. The van der Waals surface area contributed by atoms with Crippen LogP contribution >= 0.6 is 47.3 Å². The Hall–Kier alpha value is -2.58. The average Bonchev–Trinajstić information content (AvgIpc) is 3.04. The normalized spacial score (nSPS) is 14.8. The molecule has 2 amide bonds. The molecule has 4 rings (SSSR count). The molecule has 1 N–H and O–H groups in total. The van der Waals surface area contributed by atoms with Crippen molar-refractivity contribution in [3.05, 3.63) is 99.4 Å². The minimum Gasteiger partial charge on any atom is -0.267 e.